The summed E-state index contributed by atoms with van der Waals surface area (Å²) in [5.74, 6) is -1.94. The maximum absolute atomic E-state index is 14.9. The van der Waals surface area contributed by atoms with Crippen molar-refractivity contribution in [2.24, 2.45) is 0 Å². The van der Waals surface area contributed by atoms with Crippen molar-refractivity contribution in [1.82, 2.24) is 9.88 Å². The number of allylic oxidation sites excluding steroid dienone is 1. The Balaban J connectivity index is 1.59. The minimum Gasteiger partial charge on any atom is -0.458 e. The molecule has 0 bridgehead atoms. The minimum absolute atomic E-state index is 0.0178. The molecule has 0 spiro atoms. The number of esters is 1. The second-order valence-electron chi connectivity index (χ2n) is 9.41. The van der Waals surface area contributed by atoms with Crippen molar-refractivity contribution in [3.05, 3.63) is 67.9 Å². The molecule has 3 heterocycles. The molecule has 1 aromatic heterocycles. The number of Topliss-reactive ketones (excluding diaryl/α,β-unsaturated/α-hetero) is 1. The van der Waals surface area contributed by atoms with Gasteiger partial charge in [0, 0.05) is 24.6 Å². The first-order valence-corrected chi connectivity index (χ1v) is 11.8. The molecule has 1 aromatic carbocycles. The van der Waals surface area contributed by atoms with E-state index in [0.29, 0.717) is 40.9 Å². The lowest BCUT2D eigenvalue weighted by Gasteiger charge is -2.32. The summed E-state index contributed by atoms with van der Waals surface area (Å²) in [5.41, 5.74) is 0.368. The van der Waals surface area contributed by atoms with E-state index in [4.69, 9.17) is 4.74 Å². The van der Waals surface area contributed by atoms with Crippen LogP contribution in [0, 0.1) is 12.7 Å². The Labute approximate surface area is 206 Å². The zero-order chi connectivity index (χ0) is 25.9. The summed E-state index contributed by atoms with van der Waals surface area (Å²) in [6.07, 6.45) is 2.52. The van der Waals surface area contributed by atoms with Crippen LogP contribution in [0.3, 0.4) is 0 Å². The Hall–Kier alpha value is -3.79. The van der Waals surface area contributed by atoms with Crippen LogP contribution in [0.4, 0.5) is 10.1 Å². The first kappa shape index (κ1) is 23.9. The molecule has 9 nitrogen and oxygen atoms in total. The number of anilines is 1. The number of fused-ring (bicyclic) bond motifs is 3. The fourth-order valence-electron chi connectivity index (χ4n) is 5.32. The number of benzene rings is 1. The molecule has 0 unspecified atom stereocenters. The third-order valence-electron chi connectivity index (χ3n) is 7.34. The van der Waals surface area contributed by atoms with Crippen molar-refractivity contribution in [3.63, 3.8) is 0 Å². The molecule has 188 valence electrons. The van der Waals surface area contributed by atoms with Gasteiger partial charge in [-0.3, -0.25) is 14.4 Å². The van der Waals surface area contributed by atoms with Crippen molar-refractivity contribution in [1.29, 1.82) is 0 Å². The molecule has 10 heteroatoms. The standard InChI is InChI=1S/C26H26FN3O6/c1-4-26(35)16-9-21-18(7-8-30(21)24(33)15(16)11-36-25(26)34)29-20-10-17(27)12(2)14-5-6-19(28-13(3)31)23(32)22(14)20/h7,9-10,19,29,35H,4-6,8,11H2,1-3H3,(H,28,31)/t19-,26+/m1/s1. The molecule has 2 atom stereocenters. The van der Waals surface area contributed by atoms with Gasteiger partial charge in [0.25, 0.3) is 5.56 Å². The average molecular weight is 496 g/mol. The molecule has 2 aromatic rings. The number of halogens is 1. The number of hydrogen-bond donors (Lipinski definition) is 3. The Morgan fingerprint density at radius 2 is 2.03 bits per heavy atom. The first-order chi connectivity index (χ1) is 17.1. The Morgan fingerprint density at radius 1 is 1.28 bits per heavy atom. The summed E-state index contributed by atoms with van der Waals surface area (Å²) in [5, 5.41) is 16.8. The fraction of sp³-hybridized carbons (Fsp3) is 0.385. The van der Waals surface area contributed by atoms with Gasteiger partial charge in [0.05, 0.1) is 28.7 Å². The summed E-state index contributed by atoms with van der Waals surface area (Å²) in [7, 11) is 0. The number of nitrogens with one attached hydrogen (secondary N) is 2. The van der Waals surface area contributed by atoms with E-state index in [0.717, 1.165) is 0 Å². The van der Waals surface area contributed by atoms with Crippen LogP contribution < -0.4 is 16.2 Å². The SMILES string of the molecule is CC[C@@]1(O)C(=O)OCc2c1cc1n(c2=O)CC=C1Nc1cc(F)c(C)c2c1C(=O)[C@H](NC(C)=O)CC2. The van der Waals surface area contributed by atoms with E-state index < -0.39 is 29.0 Å². The number of carbonyl (C=O) groups is 3. The van der Waals surface area contributed by atoms with Gasteiger partial charge >= 0.3 is 5.97 Å². The second kappa shape index (κ2) is 8.41. The summed E-state index contributed by atoms with van der Waals surface area (Å²) in [6, 6.07) is 2.10. The molecule has 2 aliphatic heterocycles. The molecular weight excluding hydrogens is 469 g/mol. The molecule has 0 saturated heterocycles. The predicted octanol–water partition coefficient (Wildman–Crippen LogP) is 2.05. The quantitative estimate of drug-likeness (QED) is 0.554. The largest absolute Gasteiger partial charge is 0.458 e. The summed E-state index contributed by atoms with van der Waals surface area (Å²) >= 11 is 0. The molecule has 3 N–H and O–H groups in total. The van der Waals surface area contributed by atoms with Gasteiger partial charge in [-0.2, -0.15) is 0 Å². The third kappa shape index (κ3) is 3.47. The Kier molecular flexibility index (Phi) is 5.59. The highest BCUT2D eigenvalue weighted by Gasteiger charge is 2.45. The van der Waals surface area contributed by atoms with Crippen LogP contribution in [0.2, 0.25) is 0 Å². The van der Waals surface area contributed by atoms with Gasteiger partial charge in [-0.25, -0.2) is 9.18 Å². The highest BCUT2D eigenvalue weighted by atomic mass is 19.1. The number of cyclic esters (lactones) is 1. The van der Waals surface area contributed by atoms with Crippen LogP contribution >= 0.6 is 0 Å². The van der Waals surface area contributed by atoms with Gasteiger partial charge in [-0.1, -0.05) is 6.92 Å². The number of ketones is 1. The highest BCUT2D eigenvalue weighted by Crippen LogP contribution is 2.38. The number of hydrogen-bond acceptors (Lipinski definition) is 7. The number of rotatable bonds is 4. The van der Waals surface area contributed by atoms with E-state index in [1.54, 1.807) is 26.0 Å². The van der Waals surface area contributed by atoms with Crippen LogP contribution in [-0.2, 0) is 39.5 Å². The molecule has 36 heavy (non-hydrogen) atoms. The number of aromatic nitrogens is 1. The van der Waals surface area contributed by atoms with E-state index in [1.165, 1.54) is 17.6 Å². The van der Waals surface area contributed by atoms with Crippen molar-refractivity contribution in [3.8, 4) is 0 Å². The van der Waals surface area contributed by atoms with Gasteiger partial charge in [-0.05, 0) is 55.5 Å². The third-order valence-corrected chi connectivity index (χ3v) is 7.34. The lowest BCUT2D eigenvalue weighted by Crippen LogP contribution is -2.44. The topological polar surface area (TPSA) is 127 Å². The molecule has 3 aliphatic rings. The van der Waals surface area contributed by atoms with Gasteiger partial charge in [0.15, 0.2) is 11.4 Å². The van der Waals surface area contributed by atoms with Crippen molar-refractivity contribution >= 4 is 29.0 Å². The molecule has 0 saturated carbocycles. The normalized spacial score (nSPS) is 22.2. The second-order valence-corrected chi connectivity index (χ2v) is 9.41. The molecular formula is C26H26FN3O6. The number of amides is 1. The van der Waals surface area contributed by atoms with Gasteiger partial charge < -0.3 is 25.0 Å². The molecule has 1 aliphatic carbocycles. The van der Waals surface area contributed by atoms with Crippen molar-refractivity contribution < 1.29 is 28.6 Å². The maximum Gasteiger partial charge on any atom is 0.343 e. The molecule has 0 fully saturated rings. The summed E-state index contributed by atoms with van der Waals surface area (Å²) in [4.78, 5) is 50.5. The number of aliphatic hydroxyl groups is 1. The number of ether oxygens (including phenoxy) is 1. The number of carbonyl (C=O) groups excluding carboxylic acids is 3. The molecule has 1 amide bonds. The first-order valence-electron chi connectivity index (χ1n) is 11.8. The molecule has 5 rings (SSSR count). The Bertz CT molecular complexity index is 1440. The number of nitrogens with zero attached hydrogens (tertiary/aromatic N) is 1. The van der Waals surface area contributed by atoms with Gasteiger partial charge in [-0.15, -0.1) is 0 Å². The van der Waals surface area contributed by atoms with Crippen molar-refractivity contribution in [2.75, 3.05) is 5.32 Å². The number of pyridine rings is 1. The average Bonchev–Trinajstić information content (AvgIpc) is 3.24. The van der Waals surface area contributed by atoms with E-state index in [9.17, 15) is 28.7 Å². The monoisotopic (exact) mass is 495 g/mol. The zero-order valence-corrected chi connectivity index (χ0v) is 20.2. The van der Waals surface area contributed by atoms with E-state index in [-0.39, 0.29) is 48.1 Å². The van der Waals surface area contributed by atoms with Crippen LogP contribution in [0.5, 0.6) is 0 Å². The van der Waals surface area contributed by atoms with Crippen LogP contribution in [0.1, 0.15) is 65.0 Å². The minimum atomic E-state index is -1.95. The lowest BCUT2D eigenvalue weighted by molar-refractivity contribution is -0.172. The summed E-state index contributed by atoms with van der Waals surface area (Å²) in [6.45, 7) is 4.55. The maximum atomic E-state index is 14.9. The Morgan fingerprint density at radius 3 is 2.72 bits per heavy atom. The van der Waals surface area contributed by atoms with E-state index in [1.807, 2.05) is 0 Å². The van der Waals surface area contributed by atoms with Gasteiger partial charge in [0.2, 0.25) is 5.91 Å². The summed E-state index contributed by atoms with van der Waals surface area (Å²) < 4.78 is 21.4. The van der Waals surface area contributed by atoms with Gasteiger partial charge in [0.1, 0.15) is 12.4 Å². The molecule has 0 radical (unpaired) electrons. The van der Waals surface area contributed by atoms with E-state index >= 15 is 0 Å². The predicted molar refractivity (Wildman–Crippen MR) is 128 cm³/mol. The smallest absolute Gasteiger partial charge is 0.343 e. The van der Waals surface area contributed by atoms with Crippen molar-refractivity contribution in [2.45, 2.75) is 64.8 Å². The fourth-order valence-corrected chi connectivity index (χ4v) is 5.32. The van der Waals surface area contributed by atoms with E-state index in [2.05, 4.69) is 10.6 Å². The van der Waals surface area contributed by atoms with Crippen LogP contribution in [-0.4, -0.2) is 33.4 Å². The highest BCUT2D eigenvalue weighted by molar-refractivity contribution is 6.09. The lowest BCUT2D eigenvalue weighted by atomic mass is 9.83. The van der Waals surface area contributed by atoms with Crippen LogP contribution in [0.15, 0.2) is 23.0 Å². The van der Waals surface area contributed by atoms with Crippen LogP contribution in [0.25, 0.3) is 5.70 Å². The zero-order valence-electron chi connectivity index (χ0n) is 20.2.